The number of nitrogens with one attached hydrogen (secondary N) is 1. The monoisotopic (exact) mass is 226 g/mol. The SMILES string of the molecule is CNCc1cccc(F)c1OCCN(C)C. The molecule has 90 valence electrons. The van der Waals surface area contributed by atoms with E-state index in [0.717, 1.165) is 12.1 Å². The lowest BCUT2D eigenvalue weighted by Crippen LogP contribution is -2.20. The van der Waals surface area contributed by atoms with Gasteiger partial charge in [-0.2, -0.15) is 0 Å². The van der Waals surface area contributed by atoms with E-state index in [1.54, 1.807) is 6.07 Å². The van der Waals surface area contributed by atoms with Crippen molar-refractivity contribution in [3.8, 4) is 5.75 Å². The molecule has 0 aromatic heterocycles. The van der Waals surface area contributed by atoms with Crippen molar-refractivity contribution in [2.24, 2.45) is 0 Å². The summed E-state index contributed by atoms with van der Waals surface area (Å²) in [5.74, 6) is 0.0604. The second kappa shape index (κ2) is 6.45. The molecule has 0 atom stereocenters. The highest BCUT2D eigenvalue weighted by molar-refractivity contribution is 5.34. The topological polar surface area (TPSA) is 24.5 Å². The Hall–Kier alpha value is -1.13. The molecular weight excluding hydrogens is 207 g/mol. The van der Waals surface area contributed by atoms with E-state index in [2.05, 4.69) is 5.32 Å². The molecule has 0 fully saturated rings. The normalized spacial score (nSPS) is 10.8. The van der Waals surface area contributed by atoms with E-state index in [4.69, 9.17) is 4.74 Å². The Morgan fingerprint density at radius 1 is 1.38 bits per heavy atom. The van der Waals surface area contributed by atoms with E-state index in [0.29, 0.717) is 18.9 Å². The number of hydrogen-bond donors (Lipinski definition) is 1. The molecular formula is C12H19FN2O. The predicted octanol–water partition coefficient (Wildman–Crippen LogP) is 1.49. The summed E-state index contributed by atoms with van der Waals surface area (Å²) in [7, 11) is 5.74. The van der Waals surface area contributed by atoms with Crippen LogP contribution in [-0.2, 0) is 6.54 Å². The summed E-state index contributed by atoms with van der Waals surface area (Å²) in [6, 6.07) is 4.98. The molecule has 0 saturated carbocycles. The van der Waals surface area contributed by atoms with Crippen LogP contribution in [0.25, 0.3) is 0 Å². The summed E-state index contributed by atoms with van der Waals surface area (Å²) in [6.07, 6.45) is 0. The third-order valence-corrected chi connectivity index (χ3v) is 2.20. The van der Waals surface area contributed by atoms with Gasteiger partial charge in [0.05, 0.1) is 0 Å². The zero-order valence-electron chi connectivity index (χ0n) is 10.1. The Morgan fingerprint density at radius 2 is 2.12 bits per heavy atom. The molecule has 1 rings (SSSR count). The fourth-order valence-electron chi connectivity index (χ4n) is 1.38. The fraction of sp³-hybridized carbons (Fsp3) is 0.500. The van der Waals surface area contributed by atoms with Gasteiger partial charge in [0.2, 0.25) is 0 Å². The van der Waals surface area contributed by atoms with Gasteiger partial charge in [-0.1, -0.05) is 12.1 Å². The second-order valence-electron chi connectivity index (χ2n) is 3.91. The third-order valence-electron chi connectivity index (χ3n) is 2.20. The van der Waals surface area contributed by atoms with Crippen molar-refractivity contribution in [3.63, 3.8) is 0 Å². The molecule has 0 unspecified atom stereocenters. The van der Waals surface area contributed by atoms with Gasteiger partial charge in [-0.25, -0.2) is 4.39 Å². The van der Waals surface area contributed by atoms with E-state index in [1.165, 1.54) is 6.07 Å². The molecule has 4 heteroatoms. The largest absolute Gasteiger partial charge is 0.489 e. The van der Waals surface area contributed by atoms with E-state index in [-0.39, 0.29) is 5.82 Å². The van der Waals surface area contributed by atoms with E-state index in [9.17, 15) is 4.39 Å². The lowest BCUT2D eigenvalue weighted by Gasteiger charge is -2.14. The van der Waals surface area contributed by atoms with Crippen LogP contribution < -0.4 is 10.1 Å². The first-order valence-electron chi connectivity index (χ1n) is 5.34. The van der Waals surface area contributed by atoms with Crippen molar-refractivity contribution in [3.05, 3.63) is 29.6 Å². The van der Waals surface area contributed by atoms with Crippen molar-refractivity contribution in [1.29, 1.82) is 0 Å². The number of rotatable bonds is 6. The molecule has 0 radical (unpaired) electrons. The maximum Gasteiger partial charge on any atom is 0.165 e. The smallest absolute Gasteiger partial charge is 0.165 e. The lowest BCUT2D eigenvalue weighted by molar-refractivity contribution is 0.250. The highest BCUT2D eigenvalue weighted by atomic mass is 19.1. The second-order valence-corrected chi connectivity index (χ2v) is 3.91. The van der Waals surface area contributed by atoms with Crippen LogP contribution in [0.3, 0.4) is 0 Å². The number of likely N-dealkylation sites (N-methyl/N-ethyl adjacent to an activating group) is 1. The molecule has 0 heterocycles. The average molecular weight is 226 g/mol. The highest BCUT2D eigenvalue weighted by Crippen LogP contribution is 2.22. The van der Waals surface area contributed by atoms with Gasteiger partial charge in [-0.3, -0.25) is 0 Å². The van der Waals surface area contributed by atoms with Crippen LogP contribution in [-0.4, -0.2) is 39.2 Å². The molecule has 3 nitrogen and oxygen atoms in total. The number of benzene rings is 1. The number of halogens is 1. The molecule has 0 aliphatic heterocycles. The van der Waals surface area contributed by atoms with Crippen molar-refractivity contribution >= 4 is 0 Å². The van der Waals surface area contributed by atoms with Gasteiger partial charge in [0.25, 0.3) is 0 Å². The third kappa shape index (κ3) is 3.79. The van der Waals surface area contributed by atoms with E-state index in [1.807, 2.05) is 32.1 Å². The van der Waals surface area contributed by atoms with Crippen LogP contribution in [0.4, 0.5) is 4.39 Å². The number of ether oxygens (including phenoxy) is 1. The minimum Gasteiger partial charge on any atom is -0.489 e. The molecule has 0 spiro atoms. The summed E-state index contributed by atoms with van der Waals surface area (Å²) in [5.41, 5.74) is 0.848. The van der Waals surface area contributed by atoms with Gasteiger partial charge < -0.3 is 15.0 Å². The quantitative estimate of drug-likeness (QED) is 0.795. The minimum absolute atomic E-state index is 0.300. The maximum atomic E-state index is 13.5. The first kappa shape index (κ1) is 12.9. The number of hydrogen-bond acceptors (Lipinski definition) is 3. The van der Waals surface area contributed by atoms with E-state index < -0.39 is 0 Å². The van der Waals surface area contributed by atoms with Gasteiger partial charge in [0.15, 0.2) is 11.6 Å². The Kier molecular flexibility index (Phi) is 5.22. The molecule has 1 aromatic carbocycles. The van der Waals surface area contributed by atoms with Crippen LogP contribution in [0.15, 0.2) is 18.2 Å². The van der Waals surface area contributed by atoms with Gasteiger partial charge in [0, 0.05) is 18.7 Å². The Labute approximate surface area is 96.2 Å². The zero-order chi connectivity index (χ0) is 12.0. The standard InChI is InChI=1S/C12H19FN2O/c1-14-9-10-5-4-6-11(13)12(10)16-8-7-15(2)3/h4-6,14H,7-9H2,1-3H3. The van der Waals surface area contributed by atoms with Crippen molar-refractivity contribution < 1.29 is 9.13 Å². The predicted molar refractivity (Wildman–Crippen MR) is 63.2 cm³/mol. The summed E-state index contributed by atoms with van der Waals surface area (Å²) < 4.78 is 19.0. The Balaban J connectivity index is 2.68. The zero-order valence-corrected chi connectivity index (χ0v) is 10.1. The Bertz CT molecular complexity index is 329. The molecule has 0 saturated heterocycles. The fourth-order valence-corrected chi connectivity index (χ4v) is 1.38. The molecule has 0 aliphatic rings. The molecule has 0 bridgehead atoms. The maximum absolute atomic E-state index is 13.5. The van der Waals surface area contributed by atoms with Gasteiger partial charge in [-0.15, -0.1) is 0 Å². The molecule has 16 heavy (non-hydrogen) atoms. The summed E-state index contributed by atoms with van der Waals surface area (Å²) in [4.78, 5) is 2.00. The number of nitrogens with zero attached hydrogens (tertiary/aromatic N) is 1. The van der Waals surface area contributed by atoms with Crippen molar-refractivity contribution in [2.75, 3.05) is 34.3 Å². The summed E-state index contributed by atoms with van der Waals surface area (Å²) >= 11 is 0. The summed E-state index contributed by atoms with van der Waals surface area (Å²) in [5, 5.41) is 2.99. The Morgan fingerprint density at radius 3 is 2.75 bits per heavy atom. The van der Waals surface area contributed by atoms with Gasteiger partial charge in [-0.05, 0) is 27.2 Å². The summed E-state index contributed by atoms with van der Waals surface area (Å²) in [6.45, 7) is 1.87. The molecule has 1 aromatic rings. The molecule has 0 aliphatic carbocycles. The van der Waals surface area contributed by atoms with Crippen LogP contribution in [0.1, 0.15) is 5.56 Å². The van der Waals surface area contributed by atoms with Crippen LogP contribution in [0.5, 0.6) is 5.75 Å². The first-order valence-corrected chi connectivity index (χ1v) is 5.34. The molecule has 0 amide bonds. The van der Waals surface area contributed by atoms with Gasteiger partial charge in [0.1, 0.15) is 6.61 Å². The van der Waals surface area contributed by atoms with E-state index >= 15 is 0 Å². The average Bonchev–Trinajstić information content (AvgIpc) is 2.22. The molecule has 1 N–H and O–H groups in total. The van der Waals surface area contributed by atoms with Crippen LogP contribution in [0.2, 0.25) is 0 Å². The van der Waals surface area contributed by atoms with Crippen LogP contribution in [0, 0.1) is 5.82 Å². The lowest BCUT2D eigenvalue weighted by atomic mass is 10.2. The minimum atomic E-state index is -0.300. The first-order chi connectivity index (χ1) is 7.65. The van der Waals surface area contributed by atoms with Crippen molar-refractivity contribution in [1.82, 2.24) is 10.2 Å². The van der Waals surface area contributed by atoms with Crippen molar-refractivity contribution in [2.45, 2.75) is 6.54 Å². The number of para-hydroxylation sites is 1. The van der Waals surface area contributed by atoms with Gasteiger partial charge >= 0.3 is 0 Å². The van der Waals surface area contributed by atoms with Crippen LogP contribution >= 0.6 is 0 Å². The highest BCUT2D eigenvalue weighted by Gasteiger charge is 2.08.